The van der Waals surface area contributed by atoms with Gasteiger partial charge >= 0.3 is 0 Å². The lowest BCUT2D eigenvalue weighted by atomic mass is 12.0. The molecule has 5 nitrogen and oxygen atoms in total. The quantitative estimate of drug-likeness (QED) is 0.343. The SMILES string of the molecule is C.C.C.C.C.C.C.C.[3H]N.[3H]N.[3H]N.[3H]N.[3H]N. The molecule has 0 aliphatic rings. The van der Waals surface area contributed by atoms with Crippen molar-refractivity contribution < 1.29 is 7.06 Å². The molecule has 5 heteroatoms. The van der Waals surface area contributed by atoms with Crippen LogP contribution in [0, 0.1) is 0 Å². The van der Waals surface area contributed by atoms with E-state index in [9.17, 15) is 0 Å². The van der Waals surface area contributed by atoms with Gasteiger partial charge in [0.15, 0.2) is 0 Å². The second kappa shape index (κ2) is 34400. The van der Waals surface area contributed by atoms with Crippen LogP contribution >= 0.6 is 0 Å². The summed E-state index contributed by atoms with van der Waals surface area (Å²) in [6, 6.07) is 0. The summed E-state index contributed by atoms with van der Waals surface area (Å²) in [6.07, 6.45) is 18.8. The summed E-state index contributed by atoms with van der Waals surface area (Å²) in [4.78, 5) is 0. The van der Waals surface area contributed by atoms with Crippen LogP contribution < -0.4 is 30.7 Å². The van der Waals surface area contributed by atoms with Gasteiger partial charge in [0.2, 0.25) is 0 Å². The molecule has 0 aromatic carbocycles. The average Bonchev–Trinajstić information content (AvgIpc) is 2.20. The molecule has 0 saturated heterocycles. The third-order valence-electron chi connectivity index (χ3n) is 0. The first-order valence-corrected chi connectivity index (χ1v) is 0. The van der Waals surface area contributed by atoms with Gasteiger partial charge in [0, 0.05) is 0 Å². The van der Waals surface area contributed by atoms with Gasteiger partial charge in [-0.2, -0.15) is 0 Å². The maximum atomic E-state index is 5.25. The topological polar surface area (TPSA) is 175 Å². The standard InChI is InChI=1S/8CH4.5H3N/h8*1H4;5*1H3/i/hT5. The lowest BCUT2D eigenvalue weighted by Gasteiger charge is -0.345. The molecule has 0 heterocycles. The predicted molar refractivity (Wildman–Crippen MR) is 79.0 cm³/mol. The monoisotopic (exact) mass is 223 g/mol. The highest BCUT2D eigenvalue weighted by Gasteiger charge is -0.0704. The Morgan fingerprint density at radius 1 is 0.308 bits per heavy atom. The molecule has 15 N–H and O–H groups in total. The summed E-state index contributed by atoms with van der Waals surface area (Å²) >= 11 is 0. The van der Waals surface area contributed by atoms with Crippen LogP contribution in [0.1, 0.15) is 59.4 Å². The van der Waals surface area contributed by atoms with Gasteiger partial charge in [-0.1, -0.05) is 59.4 Å². The summed E-state index contributed by atoms with van der Waals surface area (Å²) < 4.78 is 26.2. The summed E-state index contributed by atoms with van der Waals surface area (Å²) in [5.41, 5.74) is 0. The first-order chi connectivity index (χ1) is 5.00. The van der Waals surface area contributed by atoms with Crippen LogP contribution in [0.3, 0.4) is 0 Å². The van der Waals surface area contributed by atoms with Crippen molar-refractivity contribution in [2.75, 3.05) is 0 Å². The highest BCUT2D eigenvalue weighted by atomic mass is 14.0. The lowest BCUT2D eigenvalue weighted by Crippen LogP contribution is -0.482. The Kier molecular flexibility index (Phi) is 205000. The van der Waals surface area contributed by atoms with Gasteiger partial charge in [-0.05, 0) is 0 Å². The van der Waals surface area contributed by atoms with Gasteiger partial charge in [0.25, 0.3) is 0 Å². The summed E-state index contributed by atoms with van der Waals surface area (Å²) in [7, 11) is 0. The lowest BCUT2D eigenvalue weighted by molar-refractivity contribution is 2.13. The molecule has 13 heavy (non-hydrogen) atoms. The molecule has 0 spiro atoms. The van der Waals surface area contributed by atoms with Crippen molar-refractivity contribution in [3.8, 4) is 0 Å². The average molecular weight is 224 g/mol. The zero-order chi connectivity index (χ0) is 10.0. The van der Waals surface area contributed by atoms with Crippen molar-refractivity contribution >= 4 is 0 Å². The zero-order valence-corrected chi connectivity index (χ0v) is 2.89. The first kappa shape index (κ1) is 77.4. The molecule has 0 fully saturated rings. The zero-order valence-electron chi connectivity index (χ0n) is 7.89. The van der Waals surface area contributed by atoms with Gasteiger partial charge in [-0.25, -0.2) is 0 Å². The van der Waals surface area contributed by atoms with E-state index in [0.29, 0.717) is 0 Å². The molecule has 0 saturated carbocycles. The molecule has 104 valence electrons. The van der Waals surface area contributed by atoms with Gasteiger partial charge in [0.05, 0.1) is 0 Å². The Hall–Kier alpha value is -0.200. The fourth-order valence-corrected chi connectivity index (χ4v) is 0. The molecule has 0 amide bonds. The number of hydrogen-bond donors (Lipinski definition) is 5. The molecule has 0 rings (SSSR count). The van der Waals surface area contributed by atoms with E-state index in [4.69, 9.17) is 7.06 Å². The largest absolute Gasteiger partial charge is 0.344 e. The Morgan fingerprint density at radius 2 is 0.308 bits per heavy atom. The highest BCUT2D eigenvalue weighted by Crippen LogP contribution is 0.151. The molecule has 0 unspecified atom stereocenters. The van der Waals surface area contributed by atoms with Crippen LogP contribution in [0.2, 0.25) is 7.06 Å². The molecule has 0 radical (unpaired) electrons. The Balaban J connectivity index is -0.00000000142. The van der Waals surface area contributed by atoms with Crippen LogP contribution in [0.5, 0.6) is 0 Å². The van der Waals surface area contributed by atoms with E-state index in [1.54, 1.807) is 0 Å². The summed E-state index contributed by atoms with van der Waals surface area (Å²) in [6.45, 7) is 0. The van der Waals surface area contributed by atoms with Crippen molar-refractivity contribution in [1.29, 1.82) is 0 Å². The van der Waals surface area contributed by atoms with Crippen molar-refractivity contribution in [1.82, 2.24) is 30.7 Å². The van der Waals surface area contributed by atoms with E-state index in [-0.39, 0.29) is 59.4 Å². The molecule has 0 aromatic heterocycles. The summed E-state index contributed by atoms with van der Waals surface area (Å²) in [5.74, 6) is 0. The molecule has 0 bridgehead atoms. The van der Waals surface area contributed by atoms with Crippen molar-refractivity contribution in [2.45, 2.75) is 59.4 Å². The minimum Gasteiger partial charge on any atom is -0.344 e. The van der Waals surface area contributed by atoms with Crippen molar-refractivity contribution in [2.24, 2.45) is 0 Å². The van der Waals surface area contributed by atoms with Crippen molar-refractivity contribution in [3.63, 3.8) is 0 Å². The Labute approximate surface area is 98.3 Å². The summed E-state index contributed by atoms with van der Waals surface area (Å²) in [5, 5.41) is 0. The third kappa shape index (κ3) is 28300. The van der Waals surface area contributed by atoms with Crippen LogP contribution in [-0.4, -0.2) is 0 Å². The van der Waals surface area contributed by atoms with E-state index in [2.05, 4.69) is 30.7 Å². The molecular formula is C8H47N5. The Morgan fingerprint density at radius 3 is 0.308 bits per heavy atom. The molecule has 0 aromatic rings. The smallest absolute Gasteiger partial charge is 0.115 e. The first-order valence-electron chi connectivity index (χ1n) is 2.89. The van der Waals surface area contributed by atoms with Gasteiger partial charge in [-0.15, -0.1) is 0 Å². The second-order valence-corrected chi connectivity index (χ2v) is 0. The van der Waals surface area contributed by atoms with Crippen LogP contribution in [0.4, 0.5) is 0 Å². The predicted octanol–water partition coefficient (Wildman–Crippen LogP) is 5.90. The number of rotatable bonds is 0. The van der Waals surface area contributed by atoms with E-state index < -0.39 is 0 Å². The van der Waals surface area contributed by atoms with Gasteiger partial charge in [-0.3, -0.25) is 0 Å². The molecule has 0 aliphatic carbocycles. The van der Waals surface area contributed by atoms with E-state index >= 15 is 0 Å². The fourth-order valence-electron chi connectivity index (χ4n) is 0. The Bertz CT molecular complexity index is 27.8. The van der Waals surface area contributed by atoms with E-state index in [0.717, 1.165) is 0 Å². The number of hydrogen-bond acceptors (Lipinski definition) is 5. The second-order valence-electron chi connectivity index (χ2n) is 0. The minimum absolute atomic E-state index is 0. The molecule has 0 aliphatic heterocycles. The highest BCUT2D eigenvalue weighted by molar-refractivity contribution is 2.51. The van der Waals surface area contributed by atoms with E-state index in [1.165, 1.54) is 0 Å². The van der Waals surface area contributed by atoms with Crippen LogP contribution in [-0.2, 0) is 0 Å². The molecule has 0 atom stereocenters. The van der Waals surface area contributed by atoms with E-state index in [1.807, 2.05) is 0 Å². The molecular weight excluding hydrogens is 166 g/mol. The third-order valence-corrected chi connectivity index (χ3v) is 0. The maximum Gasteiger partial charge on any atom is 0.115 e. The minimum atomic E-state index is 0. The van der Waals surface area contributed by atoms with Crippen LogP contribution in [0.15, 0.2) is 0 Å². The van der Waals surface area contributed by atoms with Gasteiger partial charge < -0.3 is 30.7 Å². The van der Waals surface area contributed by atoms with Gasteiger partial charge in [0.1, 0.15) is 7.06 Å². The maximum absolute atomic E-state index is 5.25. The van der Waals surface area contributed by atoms with Crippen molar-refractivity contribution in [3.05, 3.63) is 0 Å². The van der Waals surface area contributed by atoms with Crippen LogP contribution in [0.25, 0.3) is 0 Å². The fraction of sp³-hybridized carbons (Fsp3) is 1.00. The normalized spacial score (nSPS) is 2.69.